The second kappa shape index (κ2) is 7.96. The number of hydrogen-bond acceptors (Lipinski definition) is 7. The number of aromatic nitrogens is 2. The number of nitrogens with one attached hydrogen (secondary N) is 1. The maximum atomic E-state index is 12.2. The molecular weight excluding hydrogens is 344 g/mol. The molecule has 1 saturated heterocycles. The molecule has 1 amide bonds. The topological polar surface area (TPSA) is 67.4 Å². The van der Waals surface area contributed by atoms with Gasteiger partial charge in [0.15, 0.2) is 4.34 Å². The minimum atomic E-state index is -0.0493. The number of ether oxygens (including phenoxy) is 1. The van der Waals surface area contributed by atoms with Crippen molar-refractivity contribution in [2.24, 2.45) is 0 Å². The van der Waals surface area contributed by atoms with Gasteiger partial charge in [0.2, 0.25) is 11.0 Å². The number of benzene rings is 1. The van der Waals surface area contributed by atoms with E-state index in [1.165, 1.54) is 16.9 Å². The largest absolute Gasteiger partial charge is 0.497 e. The highest BCUT2D eigenvalue weighted by Crippen LogP contribution is 2.34. The summed E-state index contributed by atoms with van der Waals surface area (Å²) in [6.07, 6.45) is 1.05. The normalized spacial score (nSPS) is 17.3. The smallest absolute Gasteiger partial charge is 0.240 e. The van der Waals surface area contributed by atoms with Crippen molar-refractivity contribution in [3.8, 4) is 5.75 Å². The minimum absolute atomic E-state index is 0.0493. The summed E-state index contributed by atoms with van der Waals surface area (Å²) in [5, 5.41) is 11.5. The summed E-state index contributed by atoms with van der Waals surface area (Å²) >= 11 is 3.04. The summed E-state index contributed by atoms with van der Waals surface area (Å²) in [6.45, 7) is 3.34. The molecule has 0 radical (unpaired) electrons. The summed E-state index contributed by atoms with van der Waals surface area (Å²) in [6, 6.07) is 8.30. The summed E-state index contributed by atoms with van der Waals surface area (Å²) in [4.78, 5) is 14.4. The Labute approximate surface area is 149 Å². The van der Waals surface area contributed by atoms with Gasteiger partial charge < -0.3 is 4.74 Å². The van der Waals surface area contributed by atoms with Crippen LogP contribution in [0, 0.1) is 0 Å². The van der Waals surface area contributed by atoms with Gasteiger partial charge >= 0.3 is 0 Å². The van der Waals surface area contributed by atoms with Crippen molar-refractivity contribution in [1.82, 2.24) is 15.1 Å². The van der Waals surface area contributed by atoms with E-state index in [1.807, 2.05) is 18.2 Å². The van der Waals surface area contributed by atoms with Gasteiger partial charge in [-0.05, 0) is 29.9 Å². The van der Waals surface area contributed by atoms with Gasteiger partial charge in [-0.2, -0.15) is 0 Å². The van der Waals surface area contributed by atoms with Crippen LogP contribution in [0.2, 0.25) is 0 Å². The second-order valence-electron chi connectivity index (χ2n) is 5.41. The zero-order valence-electron chi connectivity index (χ0n) is 13.7. The molecule has 1 atom stereocenters. The number of carbonyl (C=O) groups is 1. The number of thioether (sulfide) groups is 1. The average Bonchev–Trinajstić information content (AvgIpc) is 2.99. The van der Waals surface area contributed by atoms with Crippen LogP contribution in [0.5, 0.6) is 5.75 Å². The van der Waals surface area contributed by atoms with Gasteiger partial charge in [-0.3, -0.25) is 15.0 Å². The molecule has 24 heavy (non-hydrogen) atoms. The molecule has 2 aromatic rings. The Bertz CT molecular complexity index is 707. The van der Waals surface area contributed by atoms with E-state index in [2.05, 4.69) is 33.4 Å². The Hall–Kier alpha value is -1.64. The fourth-order valence-electron chi connectivity index (χ4n) is 2.64. The van der Waals surface area contributed by atoms with E-state index in [4.69, 9.17) is 4.74 Å². The summed E-state index contributed by atoms with van der Waals surface area (Å²) in [7, 11) is 1.66. The number of amides is 1. The van der Waals surface area contributed by atoms with Crippen LogP contribution in [-0.4, -0.2) is 47.0 Å². The summed E-state index contributed by atoms with van der Waals surface area (Å²) < 4.78 is 6.16. The molecule has 1 fully saturated rings. The van der Waals surface area contributed by atoms with Crippen LogP contribution < -0.4 is 10.1 Å². The summed E-state index contributed by atoms with van der Waals surface area (Å²) in [5.74, 6) is 1.74. The highest BCUT2D eigenvalue weighted by molar-refractivity contribution is 8.01. The van der Waals surface area contributed by atoms with Crippen molar-refractivity contribution in [2.45, 2.75) is 23.7 Å². The third kappa shape index (κ3) is 4.06. The average molecular weight is 364 g/mol. The molecule has 8 heteroatoms. The van der Waals surface area contributed by atoms with Crippen molar-refractivity contribution < 1.29 is 9.53 Å². The lowest BCUT2D eigenvalue weighted by Gasteiger charge is -2.40. The first kappa shape index (κ1) is 17.2. The lowest BCUT2D eigenvalue weighted by molar-refractivity contribution is -0.119. The van der Waals surface area contributed by atoms with E-state index in [0.717, 1.165) is 28.8 Å². The van der Waals surface area contributed by atoms with Crippen molar-refractivity contribution in [1.29, 1.82) is 0 Å². The molecular formula is C16H20N4O2S2. The van der Waals surface area contributed by atoms with E-state index in [9.17, 15) is 4.79 Å². The molecule has 1 aromatic heterocycles. The molecule has 1 aromatic carbocycles. The predicted molar refractivity (Wildman–Crippen MR) is 96.9 cm³/mol. The van der Waals surface area contributed by atoms with Crippen LogP contribution in [0.3, 0.4) is 0 Å². The molecule has 1 aliphatic heterocycles. The zero-order valence-corrected chi connectivity index (χ0v) is 15.3. The Morgan fingerprint density at radius 2 is 2.38 bits per heavy atom. The Morgan fingerprint density at radius 1 is 1.50 bits per heavy atom. The molecule has 0 aliphatic carbocycles. The zero-order chi connectivity index (χ0) is 16.9. The van der Waals surface area contributed by atoms with Gasteiger partial charge in [-0.15, -0.1) is 10.2 Å². The molecule has 1 N–H and O–H groups in total. The van der Waals surface area contributed by atoms with Crippen LogP contribution in [0.4, 0.5) is 5.13 Å². The third-order valence-electron chi connectivity index (χ3n) is 3.88. The van der Waals surface area contributed by atoms with Crippen LogP contribution in [0.25, 0.3) is 0 Å². The van der Waals surface area contributed by atoms with E-state index >= 15 is 0 Å². The van der Waals surface area contributed by atoms with E-state index in [0.29, 0.717) is 11.7 Å². The quantitative estimate of drug-likeness (QED) is 0.602. The maximum Gasteiger partial charge on any atom is 0.240 e. The maximum absolute atomic E-state index is 12.2. The lowest BCUT2D eigenvalue weighted by atomic mass is 9.94. The highest BCUT2D eigenvalue weighted by atomic mass is 32.2. The number of carbonyl (C=O) groups excluding carboxylic acids is 1. The fraction of sp³-hybridized carbons (Fsp3) is 0.438. The molecule has 6 nitrogen and oxygen atoms in total. The number of anilines is 1. The van der Waals surface area contributed by atoms with Crippen LogP contribution >= 0.6 is 23.1 Å². The Morgan fingerprint density at radius 3 is 3.08 bits per heavy atom. The molecule has 0 spiro atoms. The fourth-order valence-corrected chi connectivity index (χ4v) is 4.31. The molecule has 128 valence electrons. The van der Waals surface area contributed by atoms with Crippen LogP contribution in [0.1, 0.15) is 24.9 Å². The number of likely N-dealkylation sites (tertiary alicyclic amines) is 1. The van der Waals surface area contributed by atoms with Crippen molar-refractivity contribution in [3.05, 3.63) is 29.8 Å². The first-order valence-corrected chi connectivity index (χ1v) is 9.64. The SMILES string of the molecule is CCSc1nnc(NC(=O)CN2CC[C@H]2c2cccc(OC)c2)s1. The van der Waals surface area contributed by atoms with Crippen LogP contribution in [0.15, 0.2) is 28.6 Å². The molecule has 0 saturated carbocycles. The second-order valence-corrected chi connectivity index (χ2v) is 7.89. The Balaban J connectivity index is 1.56. The number of methoxy groups -OCH3 is 1. The lowest BCUT2D eigenvalue weighted by Crippen LogP contribution is -2.45. The summed E-state index contributed by atoms with van der Waals surface area (Å²) in [5.41, 5.74) is 1.19. The van der Waals surface area contributed by atoms with Gasteiger partial charge in [-0.1, -0.05) is 42.2 Å². The van der Waals surface area contributed by atoms with E-state index in [1.54, 1.807) is 18.9 Å². The van der Waals surface area contributed by atoms with Crippen LogP contribution in [-0.2, 0) is 4.79 Å². The molecule has 3 rings (SSSR count). The number of hydrogen-bond donors (Lipinski definition) is 1. The molecule has 0 unspecified atom stereocenters. The highest BCUT2D eigenvalue weighted by Gasteiger charge is 2.31. The number of rotatable bonds is 7. The molecule has 1 aliphatic rings. The van der Waals surface area contributed by atoms with E-state index < -0.39 is 0 Å². The molecule has 0 bridgehead atoms. The monoisotopic (exact) mass is 364 g/mol. The van der Waals surface area contributed by atoms with Crippen molar-refractivity contribution in [2.75, 3.05) is 31.3 Å². The van der Waals surface area contributed by atoms with Gasteiger partial charge in [0, 0.05) is 12.6 Å². The third-order valence-corrected chi connectivity index (χ3v) is 5.73. The number of nitrogens with zero attached hydrogens (tertiary/aromatic N) is 3. The standard InChI is InChI=1S/C16H20N4O2S2/c1-3-23-16-19-18-15(24-16)17-14(21)10-20-8-7-13(20)11-5-4-6-12(9-11)22-2/h4-6,9,13H,3,7-8,10H2,1-2H3,(H,17,18,21)/t13-/m0/s1. The minimum Gasteiger partial charge on any atom is -0.497 e. The first-order valence-electron chi connectivity index (χ1n) is 7.83. The van der Waals surface area contributed by atoms with E-state index in [-0.39, 0.29) is 11.9 Å². The van der Waals surface area contributed by atoms with Gasteiger partial charge in [0.05, 0.1) is 13.7 Å². The predicted octanol–water partition coefficient (Wildman–Crippen LogP) is 3.04. The Kier molecular flexibility index (Phi) is 5.70. The van der Waals surface area contributed by atoms with Gasteiger partial charge in [-0.25, -0.2) is 0 Å². The van der Waals surface area contributed by atoms with Gasteiger partial charge in [0.25, 0.3) is 0 Å². The van der Waals surface area contributed by atoms with Crippen molar-refractivity contribution in [3.63, 3.8) is 0 Å². The van der Waals surface area contributed by atoms with Gasteiger partial charge in [0.1, 0.15) is 5.75 Å². The first-order chi connectivity index (χ1) is 11.7. The molecule has 2 heterocycles. The van der Waals surface area contributed by atoms with Crippen molar-refractivity contribution >= 4 is 34.1 Å².